The van der Waals surface area contributed by atoms with Gasteiger partial charge in [-0.15, -0.1) is 0 Å². The molecule has 0 aliphatic heterocycles. The second kappa shape index (κ2) is 6.00. The number of esters is 1. The van der Waals surface area contributed by atoms with Crippen LogP contribution in [0.2, 0.25) is 0 Å². The Morgan fingerprint density at radius 2 is 2.06 bits per heavy atom. The van der Waals surface area contributed by atoms with Crippen LogP contribution in [0.25, 0.3) is 0 Å². The van der Waals surface area contributed by atoms with Crippen molar-refractivity contribution in [2.24, 2.45) is 5.92 Å². The zero-order chi connectivity index (χ0) is 13.7. The number of pyridine rings is 1. The maximum atomic E-state index is 11.9. The number of nitrogens with one attached hydrogen (secondary N) is 1. The minimum absolute atomic E-state index is 0.105. The highest BCUT2D eigenvalue weighted by atomic mass is 16.5. The SMILES string of the molecule is COC(=O)C(NC(=O)c1cncc(O)c1)C(C)C. The van der Waals surface area contributed by atoms with E-state index in [1.165, 1.54) is 25.6 Å². The van der Waals surface area contributed by atoms with Crippen LogP contribution in [0.5, 0.6) is 5.75 Å². The Morgan fingerprint density at radius 3 is 2.56 bits per heavy atom. The quantitative estimate of drug-likeness (QED) is 0.771. The van der Waals surface area contributed by atoms with E-state index in [9.17, 15) is 14.7 Å². The Kier molecular flexibility index (Phi) is 4.65. The third kappa shape index (κ3) is 3.44. The lowest BCUT2D eigenvalue weighted by Crippen LogP contribution is -2.45. The molecule has 1 aromatic rings. The fourth-order valence-electron chi connectivity index (χ4n) is 1.40. The Morgan fingerprint density at radius 1 is 1.39 bits per heavy atom. The number of hydrogen-bond acceptors (Lipinski definition) is 5. The number of hydrogen-bond donors (Lipinski definition) is 2. The van der Waals surface area contributed by atoms with Gasteiger partial charge in [0.05, 0.1) is 18.9 Å². The average molecular weight is 252 g/mol. The second-order valence-corrected chi connectivity index (χ2v) is 4.15. The van der Waals surface area contributed by atoms with Crippen molar-refractivity contribution in [3.8, 4) is 5.75 Å². The summed E-state index contributed by atoms with van der Waals surface area (Å²) in [5.74, 6) is -1.21. The van der Waals surface area contributed by atoms with Gasteiger partial charge in [0, 0.05) is 6.20 Å². The molecular formula is C12H16N2O4. The van der Waals surface area contributed by atoms with Gasteiger partial charge in [0.15, 0.2) is 0 Å². The highest BCUT2D eigenvalue weighted by Crippen LogP contribution is 2.10. The van der Waals surface area contributed by atoms with Crippen molar-refractivity contribution in [1.82, 2.24) is 10.3 Å². The molecule has 1 rings (SSSR count). The van der Waals surface area contributed by atoms with E-state index < -0.39 is 17.9 Å². The van der Waals surface area contributed by atoms with Crippen LogP contribution in [0.15, 0.2) is 18.5 Å². The molecule has 0 saturated heterocycles. The highest BCUT2D eigenvalue weighted by Gasteiger charge is 2.25. The standard InChI is InChI=1S/C12H16N2O4/c1-7(2)10(12(17)18-3)14-11(16)8-4-9(15)6-13-5-8/h4-7,10,15H,1-3H3,(H,14,16). The molecule has 0 aliphatic carbocycles. The Balaban J connectivity index is 2.82. The number of nitrogens with zero attached hydrogens (tertiary/aromatic N) is 1. The van der Waals surface area contributed by atoms with Gasteiger partial charge in [0.1, 0.15) is 11.8 Å². The molecule has 0 spiro atoms. The lowest BCUT2D eigenvalue weighted by molar-refractivity contribution is -0.144. The molecule has 1 amide bonds. The molecule has 0 saturated carbocycles. The molecule has 2 N–H and O–H groups in total. The minimum Gasteiger partial charge on any atom is -0.506 e. The smallest absolute Gasteiger partial charge is 0.328 e. The van der Waals surface area contributed by atoms with E-state index in [-0.39, 0.29) is 17.2 Å². The zero-order valence-corrected chi connectivity index (χ0v) is 10.5. The summed E-state index contributed by atoms with van der Waals surface area (Å²) in [7, 11) is 1.26. The lowest BCUT2D eigenvalue weighted by Gasteiger charge is -2.19. The molecule has 0 bridgehead atoms. The molecule has 1 aromatic heterocycles. The predicted molar refractivity (Wildman–Crippen MR) is 64.0 cm³/mol. The molecule has 0 fully saturated rings. The summed E-state index contributed by atoms with van der Waals surface area (Å²) < 4.78 is 4.62. The van der Waals surface area contributed by atoms with Crippen LogP contribution in [0, 0.1) is 5.92 Å². The van der Waals surface area contributed by atoms with Crippen molar-refractivity contribution in [1.29, 1.82) is 0 Å². The maximum Gasteiger partial charge on any atom is 0.328 e. The monoisotopic (exact) mass is 252 g/mol. The van der Waals surface area contributed by atoms with E-state index in [4.69, 9.17) is 0 Å². The van der Waals surface area contributed by atoms with Gasteiger partial charge in [0.2, 0.25) is 0 Å². The third-order valence-electron chi connectivity index (χ3n) is 2.39. The average Bonchev–Trinajstić information content (AvgIpc) is 2.34. The minimum atomic E-state index is -0.732. The Labute approximate surface area is 105 Å². The number of rotatable bonds is 4. The van der Waals surface area contributed by atoms with Gasteiger partial charge < -0.3 is 15.2 Å². The van der Waals surface area contributed by atoms with Crippen molar-refractivity contribution in [2.45, 2.75) is 19.9 Å². The normalized spacial score (nSPS) is 12.0. The van der Waals surface area contributed by atoms with Crippen molar-refractivity contribution in [3.63, 3.8) is 0 Å². The van der Waals surface area contributed by atoms with Gasteiger partial charge in [-0.25, -0.2) is 4.79 Å². The van der Waals surface area contributed by atoms with Crippen LogP contribution < -0.4 is 5.32 Å². The summed E-state index contributed by atoms with van der Waals surface area (Å²) in [4.78, 5) is 27.0. The van der Waals surface area contributed by atoms with Gasteiger partial charge >= 0.3 is 5.97 Å². The first-order valence-corrected chi connectivity index (χ1v) is 5.48. The highest BCUT2D eigenvalue weighted by molar-refractivity contribution is 5.96. The first kappa shape index (κ1) is 14.0. The molecular weight excluding hydrogens is 236 g/mol. The van der Waals surface area contributed by atoms with E-state index in [1.54, 1.807) is 13.8 Å². The van der Waals surface area contributed by atoms with E-state index in [0.29, 0.717) is 0 Å². The first-order chi connectivity index (χ1) is 8.45. The van der Waals surface area contributed by atoms with Gasteiger partial charge in [-0.2, -0.15) is 0 Å². The summed E-state index contributed by atoms with van der Waals surface area (Å²) in [5.41, 5.74) is 0.185. The van der Waals surface area contributed by atoms with Crippen molar-refractivity contribution < 1.29 is 19.4 Å². The molecule has 0 radical (unpaired) electrons. The molecule has 0 aromatic carbocycles. The number of aromatic hydroxyl groups is 1. The van der Waals surface area contributed by atoms with Gasteiger partial charge in [-0.1, -0.05) is 13.8 Å². The third-order valence-corrected chi connectivity index (χ3v) is 2.39. The summed E-state index contributed by atoms with van der Waals surface area (Å²) >= 11 is 0. The van der Waals surface area contributed by atoms with Crippen molar-refractivity contribution in [3.05, 3.63) is 24.0 Å². The van der Waals surface area contributed by atoms with Gasteiger partial charge in [0.25, 0.3) is 5.91 Å². The van der Waals surface area contributed by atoms with E-state index in [1.807, 2.05) is 0 Å². The molecule has 6 nitrogen and oxygen atoms in total. The van der Waals surface area contributed by atoms with Crippen LogP contribution >= 0.6 is 0 Å². The van der Waals surface area contributed by atoms with Gasteiger partial charge in [-0.3, -0.25) is 9.78 Å². The number of methoxy groups -OCH3 is 1. The summed E-state index contributed by atoms with van der Waals surface area (Å²) in [6, 6.07) is 0.543. The van der Waals surface area contributed by atoms with Crippen LogP contribution in [-0.4, -0.2) is 35.1 Å². The van der Waals surface area contributed by atoms with Crippen LogP contribution in [0.3, 0.4) is 0 Å². The number of aromatic nitrogens is 1. The molecule has 98 valence electrons. The summed E-state index contributed by atoms with van der Waals surface area (Å²) in [6.45, 7) is 3.59. The largest absolute Gasteiger partial charge is 0.506 e. The van der Waals surface area contributed by atoms with Crippen molar-refractivity contribution in [2.75, 3.05) is 7.11 Å². The number of carbonyl (C=O) groups excluding carboxylic acids is 2. The summed E-state index contributed by atoms with van der Waals surface area (Å²) in [5, 5.41) is 11.8. The van der Waals surface area contributed by atoms with Crippen LogP contribution in [0.1, 0.15) is 24.2 Å². The number of carbonyl (C=O) groups is 2. The van der Waals surface area contributed by atoms with Crippen molar-refractivity contribution >= 4 is 11.9 Å². The van der Waals surface area contributed by atoms with Crippen LogP contribution in [0.4, 0.5) is 0 Å². The molecule has 0 aliphatic rings. The first-order valence-electron chi connectivity index (χ1n) is 5.48. The molecule has 6 heteroatoms. The Bertz CT molecular complexity index is 445. The topological polar surface area (TPSA) is 88.5 Å². The fourth-order valence-corrected chi connectivity index (χ4v) is 1.40. The molecule has 1 heterocycles. The molecule has 1 atom stereocenters. The maximum absolute atomic E-state index is 11.9. The molecule has 1 unspecified atom stereocenters. The molecule has 18 heavy (non-hydrogen) atoms. The van der Waals surface area contributed by atoms with E-state index in [2.05, 4.69) is 15.0 Å². The van der Waals surface area contributed by atoms with E-state index in [0.717, 1.165) is 0 Å². The number of ether oxygens (including phenoxy) is 1. The fraction of sp³-hybridized carbons (Fsp3) is 0.417. The Hall–Kier alpha value is -2.11. The second-order valence-electron chi connectivity index (χ2n) is 4.15. The lowest BCUT2D eigenvalue weighted by atomic mass is 10.0. The zero-order valence-electron chi connectivity index (χ0n) is 10.5. The van der Waals surface area contributed by atoms with Gasteiger partial charge in [-0.05, 0) is 12.0 Å². The van der Waals surface area contributed by atoms with Crippen LogP contribution in [-0.2, 0) is 9.53 Å². The number of amides is 1. The van der Waals surface area contributed by atoms with E-state index >= 15 is 0 Å². The summed E-state index contributed by atoms with van der Waals surface area (Å²) in [6.07, 6.45) is 2.53. The predicted octanol–water partition coefficient (Wildman–Crippen LogP) is 0.715.